The number of aromatic nitrogens is 1. The maximum atomic E-state index is 5.31. The number of nitrogens with one attached hydrogen (secondary N) is 1. The minimum Gasteiger partial charge on any atom is -0.497 e. The van der Waals surface area contributed by atoms with Crippen LogP contribution in [0.4, 0.5) is 0 Å². The molecule has 0 aliphatic rings. The van der Waals surface area contributed by atoms with Gasteiger partial charge in [0.1, 0.15) is 5.75 Å². The molecule has 0 aliphatic carbocycles. The van der Waals surface area contributed by atoms with Crippen molar-refractivity contribution in [3.8, 4) is 5.75 Å². The average Bonchev–Trinajstić information content (AvgIpc) is 2.84. The van der Waals surface area contributed by atoms with Gasteiger partial charge in [-0.05, 0) is 48.2 Å². The first-order chi connectivity index (χ1) is 9.28. The van der Waals surface area contributed by atoms with E-state index in [0.717, 1.165) is 17.7 Å². The number of benzene rings is 2. The van der Waals surface area contributed by atoms with E-state index in [2.05, 4.69) is 54.5 Å². The van der Waals surface area contributed by atoms with E-state index in [0.29, 0.717) is 0 Å². The number of aryl methyl sites for hydroxylation is 1. The van der Waals surface area contributed by atoms with Crippen LogP contribution in [0.25, 0.3) is 10.9 Å². The van der Waals surface area contributed by atoms with Crippen molar-refractivity contribution in [2.24, 2.45) is 0 Å². The van der Waals surface area contributed by atoms with Gasteiger partial charge in [0.05, 0.1) is 7.11 Å². The van der Waals surface area contributed by atoms with Gasteiger partial charge in [0, 0.05) is 17.1 Å². The van der Waals surface area contributed by atoms with Crippen LogP contribution in [0.5, 0.6) is 5.75 Å². The first kappa shape index (κ1) is 11.8. The molecule has 0 unspecified atom stereocenters. The molecule has 2 heteroatoms. The SMILES string of the molecule is COc1ccc2[nH]cc(Cc3ccccc3C)c2c1. The van der Waals surface area contributed by atoms with Crippen LogP contribution in [0.15, 0.2) is 48.7 Å². The second kappa shape index (κ2) is 4.81. The van der Waals surface area contributed by atoms with Crippen LogP contribution in [0.2, 0.25) is 0 Å². The van der Waals surface area contributed by atoms with Gasteiger partial charge in [-0.15, -0.1) is 0 Å². The molecule has 1 N–H and O–H groups in total. The number of hydrogen-bond acceptors (Lipinski definition) is 1. The maximum absolute atomic E-state index is 5.31. The minimum atomic E-state index is 0.901. The first-order valence-corrected chi connectivity index (χ1v) is 6.46. The Balaban J connectivity index is 2.03. The molecule has 0 aliphatic heterocycles. The van der Waals surface area contributed by atoms with Crippen molar-refractivity contribution in [1.29, 1.82) is 0 Å². The van der Waals surface area contributed by atoms with Crippen LogP contribution >= 0.6 is 0 Å². The van der Waals surface area contributed by atoms with Gasteiger partial charge >= 0.3 is 0 Å². The molecular weight excluding hydrogens is 234 g/mol. The van der Waals surface area contributed by atoms with E-state index in [1.165, 1.54) is 22.1 Å². The molecule has 0 radical (unpaired) electrons. The highest BCUT2D eigenvalue weighted by Gasteiger charge is 2.07. The van der Waals surface area contributed by atoms with Crippen LogP contribution in [0, 0.1) is 6.92 Å². The minimum absolute atomic E-state index is 0.901. The van der Waals surface area contributed by atoms with Gasteiger partial charge in [-0.1, -0.05) is 24.3 Å². The van der Waals surface area contributed by atoms with Crippen molar-refractivity contribution in [1.82, 2.24) is 4.98 Å². The lowest BCUT2D eigenvalue weighted by molar-refractivity contribution is 0.415. The van der Waals surface area contributed by atoms with Crippen molar-refractivity contribution in [3.05, 3.63) is 65.4 Å². The molecule has 0 saturated heterocycles. The van der Waals surface area contributed by atoms with E-state index in [4.69, 9.17) is 4.74 Å². The standard InChI is InChI=1S/C17H17NO/c1-12-5-3-4-6-13(12)9-14-11-18-17-8-7-15(19-2)10-16(14)17/h3-8,10-11,18H,9H2,1-2H3. The zero-order valence-corrected chi connectivity index (χ0v) is 11.2. The number of ether oxygens (including phenoxy) is 1. The van der Waals surface area contributed by atoms with Gasteiger partial charge in [0.2, 0.25) is 0 Å². The van der Waals surface area contributed by atoms with Crippen molar-refractivity contribution in [3.63, 3.8) is 0 Å². The molecule has 0 bridgehead atoms. The quantitative estimate of drug-likeness (QED) is 0.745. The smallest absolute Gasteiger partial charge is 0.119 e. The zero-order valence-electron chi connectivity index (χ0n) is 11.2. The molecule has 1 aromatic heterocycles. The summed E-state index contributed by atoms with van der Waals surface area (Å²) in [6, 6.07) is 14.7. The third-order valence-corrected chi connectivity index (χ3v) is 3.62. The summed E-state index contributed by atoms with van der Waals surface area (Å²) < 4.78 is 5.31. The summed E-state index contributed by atoms with van der Waals surface area (Å²) in [7, 11) is 1.70. The Hall–Kier alpha value is -2.22. The molecule has 0 spiro atoms. The van der Waals surface area contributed by atoms with Gasteiger partial charge in [-0.25, -0.2) is 0 Å². The summed E-state index contributed by atoms with van der Waals surface area (Å²) in [5, 5.41) is 1.24. The summed E-state index contributed by atoms with van der Waals surface area (Å²) in [5.41, 5.74) is 5.17. The normalized spacial score (nSPS) is 10.8. The second-order valence-electron chi connectivity index (χ2n) is 4.83. The van der Waals surface area contributed by atoms with E-state index in [-0.39, 0.29) is 0 Å². The Morgan fingerprint density at radius 2 is 1.89 bits per heavy atom. The fourth-order valence-corrected chi connectivity index (χ4v) is 2.44. The predicted octanol–water partition coefficient (Wildman–Crippen LogP) is 4.08. The molecule has 0 amide bonds. The third kappa shape index (κ3) is 2.22. The van der Waals surface area contributed by atoms with E-state index in [1.54, 1.807) is 7.11 Å². The largest absolute Gasteiger partial charge is 0.497 e. The predicted molar refractivity (Wildman–Crippen MR) is 78.8 cm³/mol. The average molecular weight is 251 g/mol. The summed E-state index contributed by atoms with van der Waals surface area (Å²) in [5.74, 6) is 0.901. The molecule has 0 atom stereocenters. The fourth-order valence-electron chi connectivity index (χ4n) is 2.44. The highest BCUT2D eigenvalue weighted by atomic mass is 16.5. The van der Waals surface area contributed by atoms with Gasteiger partial charge in [-0.2, -0.15) is 0 Å². The maximum Gasteiger partial charge on any atom is 0.119 e. The third-order valence-electron chi connectivity index (χ3n) is 3.62. The summed E-state index contributed by atoms with van der Waals surface area (Å²) in [6.45, 7) is 2.16. The van der Waals surface area contributed by atoms with E-state index in [1.807, 2.05) is 6.07 Å². The molecule has 3 rings (SSSR count). The fraction of sp³-hybridized carbons (Fsp3) is 0.176. The van der Waals surface area contributed by atoms with Crippen molar-refractivity contribution < 1.29 is 4.74 Å². The van der Waals surface area contributed by atoms with Crippen molar-refractivity contribution in [2.75, 3.05) is 7.11 Å². The molecule has 19 heavy (non-hydrogen) atoms. The van der Waals surface area contributed by atoms with Crippen LogP contribution in [-0.2, 0) is 6.42 Å². The van der Waals surface area contributed by atoms with Crippen LogP contribution in [-0.4, -0.2) is 12.1 Å². The van der Waals surface area contributed by atoms with Gasteiger partial charge < -0.3 is 9.72 Å². The number of rotatable bonds is 3. The van der Waals surface area contributed by atoms with Gasteiger partial charge in [0.15, 0.2) is 0 Å². The van der Waals surface area contributed by atoms with E-state index in [9.17, 15) is 0 Å². The molecule has 0 fully saturated rings. The monoisotopic (exact) mass is 251 g/mol. The molecular formula is C17H17NO. The Bertz CT molecular complexity index is 712. The lowest BCUT2D eigenvalue weighted by Gasteiger charge is -2.05. The first-order valence-electron chi connectivity index (χ1n) is 6.46. The molecule has 2 nitrogen and oxygen atoms in total. The van der Waals surface area contributed by atoms with Crippen LogP contribution in [0.1, 0.15) is 16.7 Å². The van der Waals surface area contributed by atoms with Gasteiger partial charge in [0.25, 0.3) is 0 Å². The Morgan fingerprint density at radius 3 is 2.68 bits per heavy atom. The number of hydrogen-bond donors (Lipinski definition) is 1. The Kier molecular flexibility index (Phi) is 3.00. The summed E-state index contributed by atoms with van der Waals surface area (Å²) in [4.78, 5) is 3.32. The molecule has 0 saturated carbocycles. The molecule has 3 aromatic rings. The highest BCUT2D eigenvalue weighted by Crippen LogP contribution is 2.26. The second-order valence-corrected chi connectivity index (χ2v) is 4.83. The highest BCUT2D eigenvalue weighted by molar-refractivity contribution is 5.85. The Morgan fingerprint density at radius 1 is 1.05 bits per heavy atom. The van der Waals surface area contributed by atoms with Crippen molar-refractivity contribution in [2.45, 2.75) is 13.3 Å². The molecule has 2 aromatic carbocycles. The molecule has 96 valence electrons. The lowest BCUT2D eigenvalue weighted by atomic mass is 10.0. The molecule has 1 heterocycles. The van der Waals surface area contributed by atoms with Crippen LogP contribution < -0.4 is 4.74 Å². The number of methoxy groups -OCH3 is 1. The van der Waals surface area contributed by atoms with E-state index >= 15 is 0 Å². The lowest BCUT2D eigenvalue weighted by Crippen LogP contribution is -1.90. The van der Waals surface area contributed by atoms with Crippen molar-refractivity contribution >= 4 is 10.9 Å². The number of H-pyrrole nitrogens is 1. The topological polar surface area (TPSA) is 25.0 Å². The summed E-state index contributed by atoms with van der Waals surface area (Å²) in [6.07, 6.45) is 3.04. The summed E-state index contributed by atoms with van der Waals surface area (Å²) >= 11 is 0. The number of fused-ring (bicyclic) bond motifs is 1. The van der Waals surface area contributed by atoms with Gasteiger partial charge in [-0.3, -0.25) is 0 Å². The Labute approximate surface area is 113 Å². The zero-order chi connectivity index (χ0) is 13.2. The van der Waals surface area contributed by atoms with Crippen LogP contribution in [0.3, 0.4) is 0 Å². The van der Waals surface area contributed by atoms with E-state index < -0.39 is 0 Å². The number of aromatic amines is 1.